The average molecular weight is 513 g/mol. The molecular weight excluding hydrogens is 488 g/mol. The summed E-state index contributed by atoms with van der Waals surface area (Å²) in [6.07, 6.45) is 0. The van der Waals surface area contributed by atoms with Crippen molar-refractivity contribution in [3.8, 4) is 0 Å². The molecule has 0 radical (unpaired) electrons. The van der Waals surface area contributed by atoms with Crippen molar-refractivity contribution >= 4 is 66.7 Å². The molecule has 7 aromatic rings. The van der Waals surface area contributed by atoms with Gasteiger partial charge in [-0.3, -0.25) is 9.69 Å². The molecule has 188 valence electrons. The Morgan fingerprint density at radius 3 is 1.48 bits per heavy atom. The number of anilines is 5. The van der Waals surface area contributed by atoms with Crippen molar-refractivity contribution in [2.24, 2.45) is 0 Å². The van der Waals surface area contributed by atoms with Gasteiger partial charge in [0.25, 0.3) is 5.91 Å². The van der Waals surface area contributed by atoms with Gasteiger partial charge >= 0.3 is 0 Å². The first kappa shape index (κ1) is 22.6. The Hall–Kier alpha value is -5.41. The maximum absolute atomic E-state index is 14.6. The van der Waals surface area contributed by atoms with E-state index in [0.29, 0.717) is 5.56 Å². The number of hydrogen-bond donors (Lipinski definition) is 0. The molecule has 0 aliphatic carbocycles. The Balaban J connectivity index is 1.54. The molecule has 3 nitrogen and oxygen atoms in total. The van der Waals surface area contributed by atoms with E-state index in [1.165, 1.54) is 5.39 Å². The van der Waals surface area contributed by atoms with E-state index in [-0.39, 0.29) is 5.91 Å². The van der Waals surface area contributed by atoms with Crippen molar-refractivity contribution in [2.75, 3.05) is 9.80 Å². The summed E-state index contributed by atoms with van der Waals surface area (Å²) in [5, 5.41) is 6.59. The number of amides is 1. The van der Waals surface area contributed by atoms with Crippen molar-refractivity contribution < 1.29 is 4.79 Å². The largest absolute Gasteiger partial charge is 0.306 e. The van der Waals surface area contributed by atoms with E-state index in [1.54, 1.807) is 0 Å². The molecule has 0 aromatic heterocycles. The molecule has 40 heavy (non-hydrogen) atoms. The Labute approximate surface area is 232 Å². The number of fused-ring (bicyclic) bond motifs is 7. The van der Waals surface area contributed by atoms with Crippen LogP contribution in [-0.2, 0) is 0 Å². The molecule has 8 rings (SSSR count). The molecule has 0 bridgehead atoms. The Morgan fingerprint density at radius 1 is 0.400 bits per heavy atom. The standard InChI is InChI=1S/C37H24N2O/c40-37(28-14-2-1-3-15-28)39-35-30-18-8-5-12-26(30)21-23-33(35)38(32-20-10-16-25-11-4-7-17-29(25)32)34-24-22-27-13-6-9-19-31(27)36(34)39/h1-24H. The van der Waals surface area contributed by atoms with Gasteiger partial charge in [-0.1, -0.05) is 115 Å². The molecule has 7 aromatic carbocycles. The van der Waals surface area contributed by atoms with Crippen LogP contribution in [0, 0.1) is 0 Å². The molecule has 0 N–H and O–H groups in total. The highest BCUT2D eigenvalue weighted by Crippen LogP contribution is 2.56. The van der Waals surface area contributed by atoms with Crippen LogP contribution in [0.3, 0.4) is 0 Å². The average Bonchev–Trinajstić information content (AvgIpc) is 3.03. The van der Waals surface area contributed by atoms with Crippen LogP contribution in [0.4, 0.5) is 28.4 Å². The monoisotopic (exact) mass is 512 g/mol. The number of carbonyl (C=O) groups is 1. The minimum Gasteiger partial charge on any atom is -0.306 e. The third kappa shape index (κ3) is 3.28. The van der Waals surface area contributed by atoms with Gasteiger partial charge in [0.15, 0.2) is 0 Å². The quantitative estimate of drug-likeness (QED) is 0.230. The Bertz CT molecular complexity index is 2010. The van der Waals surface area contributed by atoms with Gasteiger partial charge in [0, 0.05) is 21.7 Å². The molecule has 0 saturated heterocycles. The zero-order chi connectivity index (χ0) is 26.6. The first-order valence-electron chi connectivity index (χ1n) is 13.5. The molecule has 0 fully saturated rings. The van der Waals surface area contributed by atoms with Crippen molar-refractivity contribution in [3.63, 3.8) is 0 Å². The summed E-state index contributed by atoms with van der Waals surface area (Å²) in [5.41, 5.74) is 5.47. The lowest BCUT2D eigenvalue weighted by Gasteiger charge is -2.41. The second-order valence-electron chi connectivity index (χ2n) is 10.1. The molecule has 1 aliphatic rings. The molecule has 1 aliphatic heterocycles. The van der Waals surface area contributed by atoms with E-state index in [2.05, 4.69) is 108 Å². The molecule has 0 saturated carbocycles. The van der Waals surface area contributed by atoms with Crippen LogP contribution in [0.15, 0.2) is 146 Å². The van der Waals surface area contributed by atoms with Gasteiger partial charge in [0.2, 0.25) is 0 Å². The van der Waals surface area contributed by atoms with E-state index >= 15 is 0 Å². The number of nitrogens with zero attached hydrogens (tertiary/aromatic N) is 2. The summed E-state index contributed by atoms with van der Waals surface area (Å²) in [6.45, 7) is 0. The van der Waals surface area contributed by atoms with Crippen LogP contribution in [0.1, 0.15) is 10.4 Å². The van der Waals surface area contributed by atoms with Crippen molar-refractivity contribution in [1.82, 2.24) is 0 Å². The highest BCUT2D eigenvalue weighted by molar-refractivity contribution is 6.26. The SMILES string of the molecule is O=C(c1ccccc1)N1c2c(ccc3ccccc23)N(c2cccc3ccccc23)c2ccc3ccccc3c21. The van der Waals surface area contributed by atoms with Gasteiger partial charge in [-0.15, -0.1) is 0 Å². The second kappa shape index (κ2) is 8.82. The van der Waals surface area contributed by atoms with Crippen LogP contribution in [0.25, 0.3) is 32.3 Å². The highest BCUT2D eigenvalue weighted by Gasteiger charge is 2.36. The summed E-state index contributed by atoms with van der Waals surface area (Å²) in [7, 11) is 0. The Kier molecular flexibility index (Phi) is 4.98. The number of hydrogen-bond acceptors (Lipinski definition) is 2. The van der Waals surface area contributed by atoms with E-state index in [4.69, 9.17) is 0 Å². The summed E-state index contributed by atoms with van der Waals surface area (Å²) < 4.78 is 0. The maximum Gasteiger partial charge on any atom is 0.263 e. The Morgan fingerprint density at radius 2 is 0.875 bits per heavy atom. The normalized spacial score (nSPS) is 12.5. The van der Waals surface area contributed by atoms with Crippen LogP contribution in [0.2, 0.25) is 0 Å². The van der Waals surface area contributed by atoms with E-state index in [9.17, 15) is 4.79 Å². The van der Waals surface area contributed by atoms with Gasteiger partial charge in [-0.25, -0.2) is 0 Å². The van der Waals surface area contributed by atoms with Crippen molar-refractivity contribution in [1.29, 1.82) is 0 Å². The third-order valence-electron chi connectivity index (χ3n) is 7.92. The smallest absolute Gasteiger partial charge is 0.263 e. The lowest BCUT2D eigenvalue weighted by molar-refractivity contribution is 0.0999. The number of rotatable bonds is 2. The fourth-order valence-electron chi connectivity index (χ4n) is 6.14. The first-order chi connectivity index (χ1) is 19.8. The fourth-order valence-corrected chi connectivity index (χ4v) is 6.14. The van der Waals surface area contributed by atoms with Crippen LogP contribution in [-0.4, -0.2) is 5.91 Å². The molecule has 1 heterocycles. The molecule has 0 unspecified atom stereocenters. The predicted molar refractivity (Wildman–Crippen MR) is 167 cm³/mol. The minimum absolute atomic E-state index is 0.0478. The van der Waals surface area contributed by atoms with E-state index in [0.717, 1.165) is 55.4 Å². The summed E-state index contributed by atoms with van der Waals surface area (Å²) in [6, 6.07) is 49.8. The maximum atomic E-state index is 14.6. The van der Waals surface area contributed by atoms with Gasteiger partial charge in [0.05, 0.1) is 28.4 Å². The zero-order valence-corrected chi connectivity index (χ0v) is 21.7. The molecular formula is C37H24N2O. The van der Waals surface area contributed by atoms with Gasteiger partial charge in [-0.2, -0.15) is 0 Å². The van der Waals surface area contributed by atoms with Gasteiger partial charge in [-0.05, 0) is 46.5 Å². The lowest BCUT2D eigenvalue weighted by atomic mass is 9.95. The van der Waals surface area contributed by atoms with Gasteiger partial charge in [0.1, 0.15) is 0 Å². The molecule has 0 spiro atoms. The summed E-state index contributed by atoms with van der Waals surface area (Å²) in [4.78, 5) is 18.9. The minimum atomic E-state index is -0.0478. The van der Waals surface area contributed by atoms with Crippen molar-refractivity contribution in [2.45, 2.75) is 0 Å². The topological polar surface area (TPSA) is 23.6 Å². The predicted octanol–water partition coefficient (Wildman–Crippen LogP) is 9.91. The number of benzene rings is 7. The van der Waals surface area contributed by atoms with E-state index in [1.807, 2.05) is 47.4 Å². The second-order valence-corrected chi connectivity index (χ2v) is 10.1. The van der Waals surface area contributed by atoms with Gasteiger partial charge < -0.3 is 4.90 Å². The number of carbonyl (C=O) groups excluding carboxylic acids is 1. The third-order valence-corrected chi connectivity index (χ3v) is 7.92. The molecule has 3 heteroatoms. The first-order valence-corrected chi connectivity index (χ1v) is 13.5. The summed E-state index contributed by atoms with van der Waals surface area (Å²) >= 11 is 0. The van der Waals surface area contributed by atoms with Crippen LogP contribution < -0.4 is 9.80 Å². The highest BCUT2D eigenvalue weighted by atomic mass is 16.2. The van der Waals surface area contributed by atoms with Crippen LogP contribution in [0.5, 0.6) is 0 Å². The lowest BCUT2D eigenvalue weighted by Crippen LogP contribution is -2.33. The summed E-state index contributed by atoms with van der Waals surface area (Å²) in [5.74, 6) is -0.0478. The van der Waals surface area contributed by atoms with Crippen molar-refractivity contribution in [3.05, 3.63) is 151 Å². The molecule has 0 atom stereocenters. The molecule has 1 amide bonds. The van der Waals surface area contributed by atoms with Crippen LogP contribution >= 0.6 is 0 Å². The zero-order valence-electron chi connectivity index (χ0n) is 21.7. The van der Waals surface area contributed by atoms with E-state index < -0.39 is 0 Å². The fraction of sp³-hybridized carbons (Fsp3) is 0.